The zero-order valence-corrected chi connectivity index (χ0v) is 14.7. The third kappa shape index (κ3) is 4.48. The van der Waals surface area contributed by atoms with Gasteiger partial charge in [0.2, 0.25) is 0 Å². The van der Waals surface area contributed by atoms with Crippen LogP contribution in [0.4, 0.5) is 4.39 Å². The zero-order chi connectivity index (χ0) is 18.4. The molecule has 136 valence electrons. The maximum atomic E-state index is 13.6. The first-order valence-corrected chi connectivity index (χ1v) is 9.06. The monoisotopic (exact) mass is 354 g/mol. The van der Waals surface area contributed by atoms with Gasteiger partial charge in [-0.1, -0.05) is 31.0 Å². The number of rotatable bonds is 4. The predicted octanol–water partition coefficient (Wildman–Crippen LogP) is 3.77. The number of amides is 2. The molecule has 1 saturated heterocycles. The second-order valence-electron chi connectivity index (χ2n) is 6.56. The maximum absolute atomic E-state index is 13.6. The van der Waals surface area contributed by atoms with E-state index in [1.54, 1.807) is 42.5 Å². The Morgan fingerprint density at radius 3 is 2.15 bits per heavy atom. The summed E-state index contributed by atoms with van der Waals surface area (Å²) in [6.45, 7) is 1.72. The maximum Gasteiger partial charge on any atom is 0.253 e. The van der Waals surface area contributed by atoms with Crippen LogP contribution in [0.25, 0.3) is 0 Å². The molecule has 26 heavy (non-hydrogen) atoms. The molecule has 2 aromatic carbocycles. The molecule has 1 fully saturated rings. The molecule has 1 aliphatic heterocycles. The SMILES string of the molecule is O=C(NCc1ccccc1F)c1ccc(C(=O)N2CCCCCC2)cc1. The normalized spacial score (nSPS) is 14.6. The number of hydrogen-bond acceptors (Lipinski definition) is 2. The topological polar surface area (TPSA) is 49.4 Å². The standard InChI is InChI=1S/C21H23FN2O2/c22-19-8-4-3-7-18(19)15-23-20(25)16-9-11-17(12-10-16)21(26)24-13-5-1-2-6-14-24/h3-4,7-12H,1-2,5-6,13-15H2,(H,23,25). The third-order valence-electron chi connectivity index (χ3n) is 4.68. The summed E-state index contributed by atoms with van der Waals surface area (Å²) in [6, 6.07) is 13.0. The van der Waals surface area contributed by atoms with Gasteiger partial charge in [-0.2, -0.15) is 0 Å². The highest BCUT2D eigenvalue weighted by atomic mass is 19.1. The van der Waals surface area contributed by atoms with Crippen LogP contribution in [-0.4, -0.2) is 29.8 Å². The number of likely N-dealkylation sites (tertiary alicyclic amines) is 1. The lowest BCUT2D eigenvalue weighted by Crippen LogP contribution is -2.31. The Bertz CT molecular complexity index is 766. The predicted molar refractivity (Wildman–Crippen MR) is 98.4 cm³/mol. The van der Waals surface area contributed by atoms with Gasteiger partial charge >= 0.3 is 0 Å². The van der Waals surface area contributed by atoms with Crippen molar-refractivity contribution in [3.63, 3.8) is 0 Å². The van der Waals surface area contributed by atoms with E-state index in [1.165, 1.54) is 18.9 Å². The lowest BCUT2D eigenvalue weighted by Gasteiger charge is -2.20. The summed E-state index contributed by atoms with van der Waals surface area (Å²) in [7, 11) is 0. The quantitative estimate of drug-likeness (QED) is 0.909. The molecule has 0 radical (unpaired) electrons. The molecule has 0 unspecified atom stereocenters. The van der Waals surface area contributed by atoms with E-state index in [4.69, 9.17) is 0 Å². The van der Waals surface area contributed by atoms with Crippen LogP contribution in [0, 0.1) is 5.82 Å². The fraction of sp³-hybridized carbons (Fsp3) is 0.333. The van der Waals surface area contributed by atoms with E-state index in [9.17, 15) is 14.0 Å². The first kappa shape index (κ1) is 18.1. The molecule has 1 heterocycles. The molecule has 0 aliphatic carbocycles. The van der Waals surface area contributed by atoms with E-state index in [0.717, 1.165) is 25.9 Å². The zero-order valence-electron chi connectivity index (χ0n) is 14.7. The van der Waals surface area contributed by atoms with Gasteiger partial charge < -0.3 is 10.2 Å². The summed E-state index contributed by atoms with van der Waals surface area (Å²) < 4.78 is 13.6. The highest BCUT2D eigenvalue weighted by Gasteiger charge is 2.17. The van der Waals surface area contributed by atoms with Gasteiger partial charge in [0.1, 0.15) is 5.82 Å². The van der Waals surface area contributed by atoms with Crippen LogP contribution in [0.2, 0.25) is 0 Å². The minimum Gasteiger partial charge on any atom is -0.348 e. The van der Waals surface area contributed by atoms with Crippen molar-refractivity contribution in [2.24, 2.45) is 0 Å². The molecule has 1 N–H and O–H groups in total. The van der Waals surface area contributed by atoms with Crippen LogP contribution in [0.3, 0.4) is 0 Å². The summed E-state index contributed by atoms with van der Waals surface area (Å²) in [6.07, 6.45) is 4.43. The van der Waals surface area contributed by atoms with Crippen molar-refractivity contribution in [3.8, 4) is 0 Å². The molecule has 1 aliphatic rings. The van der Waals surface area contributed by atoms with Gasteiger partial charge in [0.05, 0.1) is 0 Å². The molecule has 2 amide bonds. The minimum absolute atomic E-state index is 0.0187. The number of hydrogen-bond donors (Lipinski definition) is 1. The summed E-state index contributed by atoms with van der Waals surface area (Å²) >= 11 is 0. The molecule has 0 atom stereocenters. The molecule has 0 aromatic heterocycles. The van der Waals surface area contributed by atoms with E-state index >= 15 is 0 Å². The fourth-order valence-electron chi connectivity index (χ4n) is 3.14. The molecular formula is C21H23FN2O2. The number of nitrogens with one attached hydrogen (secondary N) is 1. The van der Waals surface area contributed by atoms with Gasteiger partial charge in [0, 0.05) is 36.3 Å². The van der Waals surface area contributed by atoms with Crippen LogP contribution in [0.15, 0.2) is 48.5 Å². The second-order valence-corrected chi connectivity index (χ2v) is 6.56. The molecule has 4 nitrogen and oxygen atoms in total. The molecule has 2 aromatic rings. The molecule has 0 saturated carbocycles. The van der Waals surface area contributed by atoms with Gasteiger partial charge in [-0.05, 0) is 43.2 Å². The Balaban J connectivity index is 1.60. The Labute approximate surface area is 153 Å². The van der Waals surface area contributed by atoms with E-state index in [1.807, 2.05) is 4.90 Å². The summed E-state index contributed by atoms with van der Waals surface area (Å²) in [5, 5.41) is 2.70. The van der Waals surface area contributed by atoms with Gasteiger partial charge in [-0.3, -0.25) is 9.59 Å². The van der Waals surface area contributed by atoms with Crippen molar-refractivity contribution >= 4 is 11.8 Å². The highest BCUT2D eigenvalue weighted by Crippen LogP contribution is 2.14. The smallest absolute Gasteiger partial charge is 0.253 e. The van der Waals surface area contributed by atoms with E-state index in [0.29, 0.717) is 16.7 Å². The van der Waals surface area contributed by atoms with Crippen molar-refractivity contribution < 1.29 is 14.0 Å². The molecule has 0 bridgehead atoms. The summed E-state index contributed by atoms with van der Waals surface area (Å²) in [4.78, 5) is 26.7. The van der Waals surface area contributed by atoms with Gasteiger partial charge in [0.15, 0.2) is 0 Å². The fourth-order valence-corrected chi connectivity index (χ4v) is 3.14. The van der Waals surface area contributed by atoms with Crippen molar-refractivity contribution in [2.75, 3.05) is 13.1 Å². The first-order valence-electron chi connectivity index (χ1n) is 9.06. The second kappa shape index (κ2) is 8.61. The number of halogens is 1. The van der Waals surface area contributed by atoms with Crippen molar-refractivity contribution in [2.45, 2.75) is 32.2 Å². The highest BCUT2D eigenvalue weighted by molar-refractivity contribution is 5.97. The number of carbonyl (C=O) groups is 2. The first-order chi connectivity index (χ1) is 12.6. The van der Waals surface area contributed by atoms with Crippen molar-refractivity contribution in [3.05, 3.63) is 71.0 Å². The van der Waals surface area contributed by atoms with E-state index in [2.05, 4.69) is 5.32 Å². The van der Waals surface area contributed by atoms with Crippen LogP contribution in [-0.2, 0) is 6.54 Å². The third-order valence-corrected chi connectivity index (χ3v) is 4.68. The van der Waals surface area contributed by atoms with Crippen LogP contribution >= 0.6 is 0 Å². The number of nitrogens with zero attached hydrogens (tertiary/aromatic N) is 1. The minimum atomic E-state index is -0.341. The molecule has 0 spiro atoms. The lowest BCUT2D eigenvalue weighted by molar-refractivity contribution is 0.0761. The van der Waals surface area contributed by atoms with Crippen molar-refractivity contribution in [1.29, 1.82) is 0 Å². The lowest BCUT2D eigenvalue weighted by atomic mass is 10.1. The Morgan fingerprint density at radius 2 is 1.50 bits per heavy atom. The number of benzene rings is 2. The Morgan fingerprint density at radius 1 is 0.885 bits per heavy atom. The van der Waals surface area contributed by atoms with Gasteiger partial charge in [0.25, 0.3) is 11.8 Å². The molecule has 5 heteroatoms. The largest absolute Gasteiger partial charge is 0.348 e. The molecular weight excluding hydrogens is 331 g/mol. The summed E-state index contributed by atoms with van der Waals surface area (Å²) in [5.41, 5.74) is 1.49. The van der Waals surface area contributed by atoms with Gasteiger partial charge in [-0.25, -0.2) is 4.39 Å². The van der Waals surface area contributed by atoms with Crippen LogP contribution in [0.1, 0.15) is 52.0 Å². The Hall–Kier alpha value is -2.69. The Kier molecular flexibility index (Phi) is 6.00. The van der Waals surface area contributed by atoms with Crippen LogP contribution in [0.5, 0.6) is 0 Å². The van der Waals surface area contributed by atoms with E-state index < -0.39 is 0 Å². The average Bonchev–Trinajstić information content (AvgIpc) is 2.96. The van der Waals surface area contributed by atoms with Crippen LogP contribution < -0.4 is 5.32 Å². The summed E-state index contributed by atoms with van der Waals surface area (Å²) in [5.74, 6) is -0.613. The van der Waals surface area contributed by atoms with Gasteiger partial charge in [-0.15, -0.1) is 0 Å². The molecule has 3 rings (SSSR count). The van der Waals surface area contributed by atoms with Crippen molar-refractivity contribution in [1.82, 2.24) is 10.2 Å². The average molecular weight is 354 g/mol. The van der Waals surface area contributed by atoms with E-state index in [-0.39, 0.29) is 24.2 Å². The number of carbonyl (C=O) groups excluding carboxylic acids is 2.